The van der Waals surface area contributed by atoms with Crippen LogP contribution < -0.4 is 5.32 Å². The number of carbonyl (C=O) groups is 2. The topological polar surface area (TPSA) is 58.6 Å². The average molecular weight is 268 g/mol. The predicted molar refractivity (Wildman–Crippen MR) is 71.6 cm³/mol. The van der Waals surface area contributed by atoms with Crippen molar-refractivity contribution in [1.82, 2.24) is 10.2 Å². The van der Waals surface area contributed by atoms with Crippen molar-refractivity contribution in [2.24, 2.45) is 0 Å². The van der Waals surface area contributed by atoms with E-state index in [1.165, 1.54) is 6.42 Å². The highest BCUT2D eigenvalue weighted by Gasteiger charge is 2.30. The molecule has 2 unspecified atom stereocenters. The second-order valence-electron chi connectivity index (χ2n) is 5.43. The summed E-state index contributed by atoms with van der Waals surface area (Å²) in [5.74, 6) is 0.0423. The molecule has 5 nitrogen and oxygen atoms in total. The minimum Gasteiger partial charge on any atom is -0.376 e. The number of amides is 2. The van der Waals surface area contributed by atoms with Crippen LogP contribution in [0, 0.1) is 0 Å². The largest absolute Gasteiger partial charge is 0.376 e. The lowest BCUT2D eigenvalue weighted by atomic mass is 10.1. The van der Waals surface area contributed by atoms with Crippen molar-refractivity contribution in [1.29, 1.82) is 0 Å². The number of rotatable bonds is 4. The molecule has 0 spiro atoms. The quantitative estimate of drug-likeness (QED) is 0.830. The maximum atomic E-state index is 12.4. The number of hydrogen-bond acceptors (Lipinski definition) is 3. The molecule has 108 valence electrons. The number of ether oxygens (including phenoxy) is 1. The third kappa shape index (κ3) is 3.93. The highest BCUT2D eigenvalue weighted by atomic mass is 16.5. The van der Waals surface area contributed by atoms with Gasteiger partial charge in [0.25, 0.3) is 0 Å². The standard InChI is InChI=1S/C14H24N2O3/c1-2-5-12-14(18)16(8-7-13(17)15-12)10-11-6-3-4-9-19-11/h11-12H,2-10H2,1H3,(H,15,17). The van der Waals surface area contributed by atoms with Gasteiger partial charge in [0.15, 0.2) is 0 Å². The summed E-state index contributed by atoms with van der Waals surface area (Å²) in [4.78, 5) is 25.9. The molecular weight excluding hydrogens is 244 g/mol. The second kappa shape index (κ2) is 6.89. The van der Waals surface area contributed by atoms with Gasteiger partial charge in [-0.15, -0.1) is 0 Å². The summed E-state index contributed by atoms with van der Waals surface area (Å²) in [5.41, 5.74) is 0. The molecule has 1 N–H and O–H groups in total. The molecule has 0 aromatic rings. The van der Waals surface area contributed by atoms with Crippen LogP contribution in [0.15, 0.2) is 0 Å². The van der Waals surface area contributed by atoms with Crippen molar-refractivity contribution in [2.75, 3.05) is 19.7 Å². The molecule has 2 aliphatic rings. The number of hydrogen-bond donors (Lipinski definition) is 1. The first-order chi connectivity index (χ1) is 9.20. The number of nitrogens with zero attached hydrogens (tertiary/aromatic N) is 1. The zero-order valence-corrected chi connectivity index (χ0v) is 11.7. The fourth-order valence-electron chi connectivity index (χ4n) is 2.76. The molecule has 0 radical (unpaired) electrons. The average Bonchev–Trinajstić information content (AvgIpc) is 2.54. The van der Waals surface area contributed by atoms with Crippen LogP contribution >= 0.6 is 0 Å². The van der Waals surface area contributed by atoms with Gasteiger partial charge in [0.05, 0.1) is 6.10 Å². The summed E-state index contributed by atoms with van der Waals surface area (Å²) < 4.78 is 5.69. The van der Waals surface area contributed by atoms with E-state index in [2.05, 4.69) is 5.32 Å². The smallest absolute Gasteiger partial charge is 0.245 e. The van der Waals surface area contributed by atoms with E-state index in [4.69, 9.17) is 4.74 Å². The van der Waals surface area contributed by atoms with Crippen LogP contribution in [0.4, 0.5) is 0 Å². The number of carbonyl (C=O) groups excluding carboxylic acids is 2. The lowest BCUT2D eigenvalue weighted by Gasteiger charge is -2.30. The van der Waals surface area contributed by atoms with Gasteiger partial charge in [0, 0.05) is 26.1 Å². The Balaban J connectivity index is 1.96. The Kier molecular flexibility index (Phi) is 5.19. The molecule has 0 aromatic carbocycles. The molecule has 0 bridgehead atoms. The summed E-state index contributed by atoms with van der Waals surface area (Å²) in [6, 6.07) is -0.344. The van der Waals surface area contributed by atoms with Crippen LogP contribution in [0.1, 0.15) is 45.4 Å². The summed E-state index contributed by atoms with van der Waals surface area (Å²) in [6.07, 6.45) is 5.46. The van der Waals surface area contributed by atoms with Crippen LogP contribution in [-0.2, 0) is 14.3 Å². The molecule has 19 heavy (non-hydrogen) atoms. The maximum Gasteiger partial charge on any atom is 0.245 e. The van der Waals surface area contributed by atoms with Crippen molar-refractivity contribution in [2.45, 2.75) is 57.6 Å². The molecule has 2 atom stereocenters. The van der Waals surface area contributed by atoms with Crippen molar-refractivity contribution in [3.05, 3.63) is 0 Å². The van der Waals surface area contributed by atoms with E-state index in [-0.39, 0.29) is 24.0 Å². The van der Waals surface area contributed by atoms with Crippen LogP contribution in [0.2, 0.25) is 0 Å². The normalized spacial score (nSPS) is 29.0. The summed E-state index contributed by atoms with van der Waals surface area (Å²) in [6.45, 7) is 3.97. The monoisotopic (exact) mass is 268 g/mol. The van der Waals surface area contributed by atoms with E-state index in [0.717, 1.165) is 25.9 Å². The molecule has 2 rings (SSSR count). The fraction of sp³-hybridized carbons (Fsp3) is 0.857. The van der Waals surface area contributed by atoms with Gasteiger partial charge in [-0.3, -0.25) is 9.59 Å². The SMILES string of the molecule is CCCC1NC(=O)CCN(CC2CCCCO2)C1=O. The van der Waals surface area contributed by atoms with Gasteiger partial charge < -0.3 is 15.0 Å². The maximum absolute atomic E-state index is 12.4. The molecule has 0 aliphatic carbocycles. The molecule has 0 saturated carbocycles. The number of nitrogens with one attached hydrogen (secondary N) is 1. The molecule has 2 aliphatic heterocycles. The van der Waals surface area contributed by atoms with Gasteiger partial charge >= 0.3 is 0 Å². The highest BCUT2D eigenvalue weighted by molar-refractivity contribution is 5.89. The Bertz CT molecular complexity index is 327. The highest BCUT2D eigenvalue weighted by Crippen LogP contribution is 2.16. The molecule has 2 amide bonds. The van der Waals surface area contributed by atoms with Crippen LogP contribution in [0.3, 0.4) is 0 Å². The fourth-order valence-corrected chi connectivity index (χ4v) is 2.76. The zero-order valence-electron chi connectivity index (χ0n) is 11.7. The molecule has 2 heterocycles. The Morgan fingerprint density at radius 1 is 1.37 bits per heavy atom. The van der Waals surface area contributed by atoms with Crippen LogP contribution in [0.25, 0.3) is 0 Å². The molecule has 2 fully saturated rings. The van der Waals surface area contributed by atoms with E-state index in [0.29, 0.717) is 25.9 Å². The third-order valence-electron chi connectivity index (χ3n) is 3.83. The third-order valence-corrected chi connectivity index (χ3v) is 3.83. The molecule has 2 saturated heterocycles. The minimum absolute atomic E-state index is 0.0149. The Hall–Kier alpha value is -1.10. The first-order valence-corrected chi connectivity index (χ1v) is 7.40. The van der Waals surface area contributed by atoms with Crippen LogP contribution in [-0.4, -0.2) is 48.6 Å². The summed E-state index contributed by atoms with van der Waals surface area (Å²) in [7, 11) is 0. The summed E-state index contributed by atoms with van der Waals surface area (Å²) in [5, 5.41) is 2.83. The van der Waals surface area contributed by atoms with E-state index in [1.807, 2.05) is 11.8 Å². The van der Waals surface area contributed by atoms with E-state index < -0.39 is 0 Å². The summed E-state index contributed by atoms with van der Waals surface area (Å²) >= 11 is 0. The lowest BCUT2D eigenvalue weighted by Crippen LogP contribution is -2.47. The van der Waals surface area contributed by atoms with Crippen molar-refractivity contribution in [3.8, 4) is 0 Å². The minimum atomic E-state index is -0.344. The second-order valence-corrected chi connectivity index (χ2v) is 5.43. The molecular formula is C14H24N2O3. The van der Waals surface area contributed by atoms with Gasteiger partial charge in [-0.25, -0.2) is 0 Å². The predicted octanol–water partition coefficient (Wildman–Crippen LogP) is 1.07. The van der Waals surface area contributed by atoms with Crippen molar-refractivity contribution >= 4 is 11.8 Å². The van der Waals surface area contributed by atoms with Gasteiger partial charge in [-0.2, -0.15) is 0 Å². The lowest BCUT2D eigenvalue weighted by molar-refractivity contribution is -0.136. The first-order valence-electron chi connectivity index (χ1n) is 7.40. The first kappa shape index (κ1) is 14.3. The van der Waals surface area contributed by atoms with Crippen molar-refractivity contribution in [3.63, 3.8) is 0 Å². The van der Waals surface area contributed by atoms with Gasteiger partial charge in [0.2, 0.25) is 11.8 Å². The van der Waals surface area contributed by atoms with Gasteiger partial charge in [-0.05, 0) is 25.7 Å². The molecule has 5 heteroatoms. The van der Waals surface area contributed by atoms with Crippen LogP contribution in [0.5, 0.6) is 0 Å². The zero-order chi connectivity index (χ0) is 13.7. The van der Waals surface area contributed by atoms with E-state index in [9.17, 15) is 9.59 Å². The van der Waals surface area contributed by atoms with Gasteiger partial charge in [0.1, 0.15) is 6.04 Å². The van der Waals surface area contributed by atoms with E-state index in [1.54, 1.807) is 0 Å². The Morgan fingerprint density at radius 2 is 2.21 bits per heavy atom. The molecule has 0 aromatic heterocycles. The Labute approximate surface area is 114 Å². The van der Waals surface area contributed by atoms with Crippen molar-refractivity contribution < 1.29 is 14.3 Å². The van der Waals surface area contributed by atoms with E-state index >= 15 is 0 Å². The van der Waals surface area contributed by atoms with Gasteiger partial charge in [-0.1, -0.05) is 13.3 Å². The Morgan fingerprint density at radius 3 is 2.89 bits per heavy atom.